The molecule has 0 aromatic heterocycles. The molecule has 58 valence electrons. The normalized spacial score (nSPS) is 12.3. The maximum atomic E-state index is 10.6. The van der Waals surface area contributed by atoms with Crippen LogP contribution in [0.4, 0.5) is 0 Å². The lowest BCUT2D eigenvalue weighted by atomic mass is 10.1. The summed E-state index contributed by atoms with van der Waals surface area (Å²) < 4.78 is 0. The van der Waals surface area contributed by atoms with Gasteiger partial charge in [0.05, 0.1) is 7.11 Å². The lowest BCUT2D eigenvalue weighted by molar-refractivity contribution is -0.257. The van der Waals surface area contributed by atoms with Crippen LogP contribution in [0.1, 0.15) is 13.8 Å². The molecule has 0 rings (SSSR count). The van der Waals surface area contributed by atoms with E-state index >= 15 is 0 Å². The fourth-order valence-corrected chi connectivity index (χ4v) is 0.320. The largest absolute Gasteiger partial charge is 0.352 e. The Bertz CT molecular complexity index is 141. The van der Waals surface area contributed by atoms with Crippen LogP contribution in [0.5, 0.6) is 0 Å². The first-order valence-corrected chi connectivity index (χ1v) is 2.84. The monoisotopic (exact) mass is 146 g/mol. The van der Waals surface area contributed by atoms with Gasteiger partial charge in [-0.1, -0.05) is 0 Å². The number of carbonyl (C=O) groups is 2. The van der Waals surface area contributed by atoms with Crippen molar-refractivity contribution in [1.82, 2.24) is 0 Å². The molecule has 0 fully saturated rings. The maximum absolute atomic E-state index is 10.6. The fourth-order valence-electron chi connectivity index (χ4n) is 0.320. The number of carbonyl (C=O) groups excluding carboxylic acids is 2. The molecule has 0 aromatic carbocycles. The van der Waals surface area contributed by atoms with E-state index in [2.05, 4.69) is 9.78 Å². The van der Waals surface area contributed by atoms with E-state index in [1.165, 1.54) is 21.0 Å². The number of hydrogen-bond donors (Lipinski definition) is 0. The van der Waals surface area contributed by atoms with Gasteiger partial charge in [-0.2, -0.15) is 4.89 Å². The SMILES string of the molecule is COOC(=O)C(C)C(C)=O. The number of ketones is 1. The summed E-state index contributed by atoms with van der Waals surface area (Å²) in [7, 11) is 1.21. The average Bonchev–Trinajstić information content (AvgIpc) is 1.87. The molecular weight excluding hydrogens is 136 g/mol. The van der Waals surface area contributed by atoms with Crippen molar-refractivity contribution in [2.75, 3.05) is 7.11 Å². The van der Waals surface area contributed by atoms with Crippen LogP contribution in [-0.2, 0) is 19.4 Å². The minimum absolute atomic E-state index is 0.234. The Kier molecular flexibility index (Phi) is 3.64. The van der Waals surface area contributed by atoms with Crippen LogP contribution in [0.25, 0.3) is 0 Å². The van der Waals surface area contributed by atoms with Crippen LogP contribution in [0.2, 0.25) is 0 Å². The topological polar surface area (TPSA) is 52.6 Å². The first-order chi connectivity index (χ1) is 4.59. The molecule has 0 saturated carbocycles. The van der Waals surface area contributed by atoms with Crippen molar-refractivity contribution < 1.29 is 19.4 Å². The van der Waals surface area contributed by atoms with Gasteiger partial charge in [-0.15, -0.1) is 0 Å². The summed E-state index contributed by atoms with van der Waals surface area (Å²) in [5.41, 5.74) is 0. The van der Waals surface area contributed by atoms with E-state index in [9.17, 15) is 9.59 Å². The van der Waals surface area contributed by atoms with Crippen LogP contribution >= 0.6 is 0 Å². The molecule has 0 heterocycles. The summed E-state index contributed by atoms with van der Waals surface area (Å²) in [6.45, 7) is 2.78. The van der Waals surface area contributed by atoms with E-state index in [0.29, 0.717) is 0 Å². The molecule has 4 nitrogen and oxygen atoms in total. The first-order valence-electron chi connectivity index (χ1n) is 2.84. The van der Waals surface area contributed by atoms with Crippen LogP contribution in [0.3, 0.4) is 0 Å². The maximum Gasteiger partial charge on any atom is 0.352 e. The van der Waals surface area contributed by atoms with Gasteiger partial charge in [0.15, 0.2) is 0 Å². The van der Waals surface area contributed by atoms with Crippen LogP contribution in [0.15, 0.2) is 0 Å². The average molecular weight is 146 g/mol. The quantitative estimate of drug-likeness (QED) is 0.327. The third-order valence-corrected chi connectivity index (χ3v) is 1.13. The third kappa shape index (κ3) is 2.59. The van der Waals surface area contributed by atoms with Crippen molar-refractivity contribution in [3.05, 3.63) is 0 Å². The van der Waals surface area contributed by atoms with E-state index in [4.69, 9.17) is 0 Å². The highest BCUT2D eigenvalue weighted by atomic mass is 17.2. The second-order valence-electron chi connectivity index (χ2n) is 1.90. The summed E-state index contributed by atoms with van der Waals surface area (Å²) >= 11 is 0. The van der Waals surface area contributed by atoms with Crippen molar-refractivity contribution in [2.45, 2.75) is 13.8 Å². The molecule has 0 aliphatic heterocycles. The molecule has 0 saturated heterocycles. The van der Waals surface area contributed by atoms with E-state index in [-0.39, 0.29) is 5.78 Å². The Hall–Kier alpha value is -0.900. The van der Waals surface area contributed by atoms with Crippen molar-refractivity contribution in [3.8, 4) is 0 Å². The Balaban J connectivity index is 3.82. The van der Waals surface area contributed by atoms with Gasteiger partial charge >= 0.3 is 5.97 Å². The van der Waals surface area contributed by atoms with E-state index in [0.717, 1.165) is 0 Å². The molecule has 4 heteroatoms. The van der Waals surface area contributed by atoms with Crippen molar-refractivity contribution in [1.29, 1.82) is 0 Å². The minimum atomic E-state index is -0.736. The Morgan fingerprint density at radius 1 is 1.40 bits per heavy atom. The molecule has 10 heavy (non-hydrogen) atoms. The van der Waals surface area contributed by atoms with Gasteiger partial charge in [-0.25, -0.2) is 4.79 Å². The van der Waals surface area contributed by atoms with Crippen molar-refractivity contribution in [2.24, 2.45) is 5.92 Å². The third-order valence-electron chi connectivity index (χ3n) is 1.13. The van der Waals surface area contributed by atoms with Gasteiger partial charge in [0.2, 0.25) is 0 Å². The van der Waals surface area contributed by atoms with Gasteiger partial charge in [0.1, 0.15) is 11.7 Å². The molecular formula is C6H10O4. The zero-order valence-electron chi connectivity index (χ0n) is 6.21. The van der Waals surface area contributed by atoms with Crippen molar-refractivity contribution in [3.63, 3.8) is 0 Å². The zero-order valence-corrected chi connectivity index (χ0v) is 6.21. The summed E-state index contributed by atoms with van der Waals surface area (Å²) in [5.74, 6) is -1.63. The summed E-state index contributed by atoms with van der Waals surface area (Å²) in [6, 6.07) is 0. The second-order valence-corrected chi connectivity index (χ2v) is 1.90. The summed E-state index contributed by atoms with van der Waals surface area (Å²) in [5, 5.41) is 0. The van der Waals surface area contributed by atoms with Crippen LogP contribution < -0.4 is 0 Å². The standard InChI is InChI=1S/C6H10O4/c1-4(5(2)7)6(8)10-9-3/h4H,1-3H3. The lowest BCUT2D eigenvalue weighted by Crippen LogP contribution is -2.20. The van der Waals surface area contributed by atoms with Crippen LogP contribution in [-0.4, -0.2) is 18.9 Å². The molecule has 0 spiro atoms. The van der Waals surface area contributed by atoms with Gasteiger partial charge < -0.3 is 0 Å². The predicted molar refractivity (Wildman–Crippen MR) is 32.9 cm³/mol. The van der Waals surface area contributed by atoms with Crippen LogP contribution in [0, 0.1) is 5.92 Å². The van der Waals surface area contributed by atoms with E-state index < -0.39 is 11.9 Å². The number of rotatable bonds is 3. The minimum Gasteiger partial charge on any atom is -0.299 e. The highest BCUT2D eigenvalue weighted by molar-refractivity contribution is 5.96. The molecule has 0 aliphatic rings. The summed E-state index contributed by atoms with van der Waals surface area (Å²) in [4.78, 5) is 29.3. The van der Waals surface area contributed by atoms with Gasteiger partial charge in [0.25, 0.3) is 0 Å². The summed E-state index contributed by atoms with van der Waals surface area (Å²) in [6.07, 6.45) is 0. The molecule has 0 aromatic rings. The number of Topliss-reactive ketones (excluding diaryl/α,β-unsaturated/α-hetero) is 1. The molecule has 0 radical (unpaired) electrons. The Morgan fingerprint density at radius 3 is 2.20 bits per heavy atom. The smallest absolute Gasteiger partial charge is 0.299 e. The van der Waals surface area contributed by atoms with Crippen molar-refractivity contribution >= 4 is 11.8 Å². The molecule has 0 amide bonds. The zero-order chi connectivity index (χ0) is 8.15. The van der Waals surface area contributed by atoms with Gasteiger partial charge in [-0.3, -0.25) is 9.68 Å². The molecule has 1 unspecified atom stereocenters. The highest BCUT2D eigenvalue weighted by Gasteiger charge is 2.19. The van der Waals surface area contributed by atoms with Gasteiger partial charge in [-0.05, 0) is 13.8 Å². The molecule has 0 aliphatic carbocycles. The highest BCUT2D eigenvalue weighted by Crippen LogP contribution is 1.98. The lowest BCUT2D eigenvalue weighted by Gasteiger charge is -2.03. The number of hydrogen-bond acceptors (Lipinski definition) is 4. The fraction of sp³-hybridized carbons (Fsp3) is 0.667. The van der Waals surface area contributed by atoms with Gasteiger partial charge in [0, 0.05) is 0 Å². The molecule has 0 N–H and O–H groups in total. The second kappa shape index (κ2) is 4.00. The predicted octanol–water partition coefficient (Wildman–Crippen LogP) is 0.316. The Labute approximate surface area is 59.0 Å². The molecule has 0 bridgehead atoms. The van der Waals surface area contributed by atoms with E-state index in [1.54, 1.807) is 0 Å². The first kappa shape index (κ1) is 9.10. The Morgan fingerprint density at radius 2 is 1.90 bits per heavy atom. The van der Waals surface area contributed by atoms with E-state index in [1.807, 2.05) is 0 Å². The molecule has 1 atom stereocenters.